The molecule has 4 aliphatic rings. The van der Waals surface area contributed by atoms with E-state index in [1.54, 1.807) is 0 Å². The second kappa shape index (κ2) is 6.10. The molecule has 7 heteroatoms. The number of esters is 1. The molecule has 0 amide bonds. The predicted molar refractivity (Wildman–Crippen MR) is 82.4 cm³/mol. The highest BCUT2D eigenvalue weighted by atomic mass is 19.3. The highest BCUT2D eigenvalue weighted by molar-refractivity contribution is 5.70. The molecule has 0 radical (unpaired) electrons. The van der Waals surface area contributed by atoms with E-state index in [4.69, 9.17) is 4.74 Å². The van der Waals surface area contributed by atoms with E-state index in [1.807, 2.05) is 0 Å². The van der Waals surface area contributed by atoms with E-state index < -0.39 is 29.8 Å². The maximum Gasteiger partial charge on any atom is 0.310 e. The average molecular weight is 366 g/mol. The Morgan fingerprint density at radius 1 is 1.16 bits per heavy atom. The van der Waals surface area contributed by atoms with Crippen LogP contribution in [0.1, 0.15) is 64.7 Å². The van der Waals surface area contributed by atoms with Gasteiger partial charge in [-0.05, 0) is 62.2 Å². The number of aliphatic hydroxyl groups is 1. The molecule has 144 valence electrons. The summed E-state index contributed by atoms with van der Waals surface area (Å²) in [6, 6.07) is 0. The molecule has 2 atom stereocenters. The number of carbonyl (C=O) groups is 1. The number of hydrogen-bond donors (Lipinski definition) is 1. The molecule has 25 heavy (non-hydrogen) atoms. The van der Waals surface area contributed by atoms with E-state index in [-0.39, 0.29) is 31.8 Å². The van der Waals surface area contributed by atoms with Crippen LogP contribution < -0.4 is 0 Å². The Morgan fingerprint density at radius 2 is 1.76 bits per heavy atom. The normalized spacial score (nSPS) is 37.4. The Bertz CT molecular complexity index is 515. The van der Waals surface area contributed by atoms with Gasteiger partial charge in [-0.3, -0.25) is 4.79 Å². The van der Waals surface area contributed by atoms with Crippen LogP contribution in [0.5, 0.6) is 0 Å². The zero-order chi connectivity index (χ0) is 18.5. The van der Waals surface area contributed by atoms with Crippen molar-refractivity contribution in [2.75, 3.05) is 6.61 Å². The Hall–Kier alpha value is -0.850. The van der Waals surface area contributed by atoms with E-state index in [9.17, 15) is 27.5 Å². The summed E-state index contributed by atoms with van der Waals surface area (Å²) >= 11 is 0. The molecule has 4 rings (SSSR count). The van der Waals surface area contributed by atoms with Crippen molar-refractivity contribution < 1.29 is 32.2 Å². The Morgan fingerprint density at radius 3 is 2.28 bits per heavy atom. The monoisotopic (exact) mass is 366 g/mol. The van der Waals surface area contributed by atoms with Crippen LogP contribution in [0.4, 0.5) is 17.6 Å². The highest BCUT2D eigenvalue weighted by Gasteiger charge is 2.57. The molecule has 0 aromatic heterocycles. The summed E-state index contributed by atoms with van der Waals surface area (Å²) in [5, 5.41) is 10.7. The van der Waals surface area contributed by atoms with E-state index >= 15 is 0 Å². The predicted octanol–water partition coefficient (Wildman–Crippen LogP) is 4.32. The minimum Gasteiger partial charge on any atom is -0.466 e. The van der Waals surface area contributed by atoms with Crippen molar-refractivity contribution >= 4 is 5.97 Å². The quantitative estimate of drug-likeness (QED) is 0.415. The number of rotatable bonds is 7. The summed E-state index contributed by atoms with van der Waals surface area (Å²) in [4.78, 5) is 12.1. The third-order valence-corrected chi connectivity index (χ3v) is 6.21. The fraction of sp³-hybridized carbons (Fsp3) is 0.944. The van der Waals surface area contributed by atoms with Crippen LogP contribution in [0.3, 0.4) is 0 Å². The van der Waals surface area contributed by atoms with Gasteiger partial charge in [-0.1, -0.05) is 0 Å². The number of carbonyl (C=O) groups excluding carboxylic acids is 1. The topological polar surface area (TPSA) is 46.5 Å². The summed E-state index contributed by atoms with van der Waals surface area (Å²) in [7, 11) is 0. The Balaban J connectivity index is 1.46. The lowest BCUT2D eigenvalue weighted by Gasteiger charge is -2.60. The molecule has 1 N–H and O–H groups in total. The molecular formula is C18H26F4O3. The van der Waals surface area contributed by atoms with Gasteiger partial charge in [0.2, 0.25) is 0 Å². The molecule has 2 unspecified atom stereocenters. The van der Waals surface area contributed by atoms with E-state index in [0.29, 0.717) is 18.3 Å². The number of alkyl halides is 4. The maximum absolute atomic E-state index is 13.2. The second-order valence-corrected chi connectivity index (χ2v) is 8.78. The van der Waals surface area contributed by atoms with Gasteiger partial charge in [0.05, 0.1) is 18.6 Å². The lowest BCUT2D eigenvalue weighted by atomic mass is 9.47. The number of ether oxygens (including phenoxy) is 1. The average Bonchev–Trinajstić information content (AvgIpc) is 2.39. The minimum atomic E-state index is -4.09. The van der Waals surface area contributed by atoms with Gasteiger partial charge in [-0.2, -0.15) is 8.78 Å². The van der Waals surface area contributed by atoms with Gasteiger partial charge in [0.25, 0.3) is 0 Å². The lowest BCUT2D eigenvalue weighted by Crippen LogP contribution is -2.56. The van der Waals surface area contributed by atoms with Crippen molar-refractivity contribution in [2.45, 2.75) is 82.2 Å². The van der Waals surface area contributed by atoms with Crippen molar-refractivity contribution in [1.29, 1.82) is 0 Å². The Kier molecular flexibility index (Phi) is 4.62. The van der Waals surface area contributed by atoms with Gasteiger partial charge in [0.1, 0.15) is 0 Å². The van der Waals surface area contributed by atoms with Gasteiger partial charge >= 0.3 is 17.8 Å². The van der Waals surface area contributed by atoms with Crippen molar-refractivity contribution in [3.05, 3.63) is 0 Å². The first-order valence-corrected chi connectivity index (χ1v) is 9.06. The van der Waals surface area contributed by atoms with E-state index in [1.165, 1.54) is 0 Å². The third kappa shape index (κ3) is 3.96. The SMILES string of the molecule is CC(F)(F)C(F)(F)CCCOC(=O)CC12CC3CC(CC(O)(C3)C1)C2. The van der Waals surface area contributed by atoms with Crippen molar-refractivity contribution in [2.24, 2.45) is 17.3 Å². The van der Waals surface area contributed by atoms with Crippen LogP contribution >= 0.6 is 0 Å². The van der Waals surface area contributed by atoms with E-state index in [0.717, 1.165) is 32.1 Å². The molecule has 0 aromatic rings. The molecule has 4 fully saturated rings. The molecule has 3 nitrogen and oxygen atoms in total. The standard InChI is InChI=1S/C18H26F4O3/c1-15(19,20)18(21,22)3-2-4-25-14(23)10-16-6-12-5-13(7-16)9-17(24,8-12)11-16/h12-13,24H,2-11H2,1H3. The number of halogens is 4. The molecule has 0 spiro atoms. The molecule has 0 heterocycles. The van der Waals surface area contributed by atoms with Gasteiger partial charge in [0, 0.05) is 13.3 Å². The first-order chi connectivity index (χ1) is 11.4. The summed E-state index contributed by atoms with van der Waals surface area (Å²) in [5.41, 5.74) is -0.907. The molecular weight excluding hydrogens is 340 g/mol. The fourth-order valence-corrected chi connectivity index (χ4v) is 5.67. The molecule has 0 aliphatic heterocycles. The van der Waals surface area contributed by atoms with Gasteiger partial charge in [-0.15, -0.1) is 0 Å². The smallest absolute Gasteiger partial charge is 0.310 e. The summed E-state index contributed by atoms with van der Waals surface area (Å²) in [6.07, 6.45) is 4.00. The second-order valence-electron chi connectivity index (χ2n) is 8.78. The van der Waals surface area contributed by atoms with Crippen LogP contribution in [0.25, 0.3) is 0 Å². The van der Waals surface area contributed by atoms with Crippen LogP contribution in [0.2, 0.25) is 0 Å². The van der Waals surface area contributed by atoms with E-state index in [2.05, 4.69) is 0 Å². The maximum atomic E-state index is 13.2. The molecule has 4 saturated carbocycles. The third-order valence-electron chi connectivity index (χ3n) is 6.21. The largest absolute Gasteiger partial charge is 0.466 e. The summed E-state index contributed by atoms with van der Waals surface area (Å²) in [6.45, 7) is -0.0888. The molecule has 4 bridgehead atoms. The zero-order valence-corrected chi connectivity index (χ0v) is 14.5. The summed E-state index contributed by atoms with van der Waals surface area (Å²) < 4.78 is 56.8. The molecule has 0 aromatic carbocycles. The van der Waals surface area contributed by atoms with Gasteiger partial charge < -0.3 is 9.84 Å². The van der Waals surface area contributed by atoms with Crippen molar-refractivity contribution in [3.8, 4) is 0 Å². The van der Waals surface area contributed by atoms with Gasteiger partial charge in [0.15, 0.2) is 0 Å². The zero-order valence-electron chi connectivity index (χ0n) is 14.5. The van der Waals surface area contributed by atoms with Crippen molar-refractivity contribution in [1.82, 2.24) is 0 Å². The van der Waals surface area contributed by atoms with Crippen LogP contribution in [-0.4, -0.2) is 35.1 Å². The van der Waals surface area contributed by atoms with Crippen LogP contribution in [-0.2, 0) is 9.53 Å². The van der Waals surface area contributed by atoms with Crippen LogP contribution in [0, 0.1) is 17.3 Å². The fourth-order valence-electron chi connectivity index (χ4n) is 5.67. The van der Waals surface area contributed by atoms with Crippen molar-refractivity contribution in [3.63, 3.8) is 0 Å². The van der Waals surface area contributed by atoms with Gasteiger partial charge in [-0.25, -0.2) is 8.78 Å². The van der Waals surface area contributed by atoms with Crippen LogP contribution in [0.15, 0.2) is 0 Å². The summed E-state index contributed by atoms with van der Waals surface area (Å²) in [5.74, 6) is -7.75. The Labute approximate surface area is 145 Å². The molecule has 4 aliphatic carbocycles. The highest BCUT2D eigenvalue weighted by Crippen LogP contribution is 2.62. The minimum absolute atomic E-state index is 0.183. The first kappa shape index (κ1) is 18.9. The first-order valence-electron chi connectivity index (χ1n) is 9.06. The number of hydrogen-bond acceptors (Lipinski definition) is 3. The molecule has 0 saturated heterocycles. The lowest BCUT2D eigenvalue weighted by molar-refractivity contribution is -0.202.